The fourth-order valence-electron chi connectivity index (χ4n) is 8.41. The Bertz CT molecular complexity index is 3210. The van der Waals surface area contributed by atoms with E-state index in [1.54, 1.807) is 59.4 Å². The van der Waals surface area contributed by atoms with Crippen LogP contribution in [0.5, 0.6) is 23.0 Å². The average Bonchev–Trinajstić information content (AvgIpc) is 3.80. The molecule has 2 fully saturated rings. The molecule has 0 bridgehead atoms. The number of hydrogen-bond acceptors (Lipinski definition) is 14. The second-order valence-corrected chi connectivity index (χ2v) is 19.2. The number of benzene rings is 4. The number of imidazole rings is 1. The van der Waals surface area contributed by atoms with E-state index < -0.39 is 23.5 Å². The lowest BCUT2D eigenvalue weighted by Gasteiger charge is -2.29. The minimum atomic E-state index is -4.39. The molecular formula is C59H72F6N12O4S. The van der Waals surface area contributed by atoms with Crippen molar-refractivity contribution >= 4 is 80.6 Å². The molecule has 5 heterocycles. The summed E-state index contributed by atoms with van der Waals surface area (Å²) < 4.78 is 88.3. The number of halogens is 6. The van der Waals surface area contributed by atoms with Crippen molar-refractivity contribution in [1.82, 2.24) is 29.3 Å². The number of amides is 2. The van der Waals surface area contributed by atoms with E-state index in [0.29, 0.717) is 82.2 Å². The number of rotatable bonds is 14. The number of thiocarbonyl (C=S) groups is 1. The fourth-order valence-corrected chi connectivity index (χ4v) is 8.51. The first-order valence-corrected chi connectivity index (χ1v) is 25.7. The predicted octanol–water partition coefficient (Wildman–Crippen LogP) is 14.7. The molecule has 0 atom stereocenters. The van der Waals surface area contributed by atoms with E-state index in [-0.39, 0.29) is 34.1 Å². The number of alkyl halides is 6. The normalized spacial score (nSPS) is 13.8. The van der Waals surface area contributed by atoms with E-state index in [9.17, 15) is 35.9 Å². The highest BCUT2D eigenvalue weighted by molar-refractivity contribution is 7.78. The van der Waals surface area contributed by atoms with Gasteiger partial charge in [-0.1, -0.05) is 36.1 Å². The summed E-state index contributed by atoms with van der Waals surface area (Å²) in [6, 6.07) is 26.8. The van der Waals surface area contributed by atoms with Gasteiger partial charge in [-0.25, -0.2) is 15.0 Å². The number of carbonyl (C=O) groups is 2. The molecule has 2 aliphatic rings. The number of ether oxygens (including phenoxy) is 2. The molecule has 2 saturated heterocycles. The van der Waals surface area contributed by atoms with Gasteiger partial charge < -0.3 is 41.0 Å². The number of anilines is 6. The second-order valence-electron chi connectivity index (χ2n) is 19.1. The molecule has 0 unspecified atom stereocenters. The van der Waals surface area contributed by atoms with Crippen LogP contribution in [0.15, 0.2) is 127 Å². The highest BCUT2D eigenvalue weighted by Gasteiger charge is 2.31. The summed E-state index contributed by atoms with van der Waals surface area (Å²) in [4.78, 5) is 45.7. The molecule has 0 aliphatic carbocycles. The van der Waals surface area contributed by atoms with E-state index in [1.807, 2.05) is 32.3 Å². The summed E-state index contributed by atoms with van der Waals surface area (Å²) in [7, 11) is 3.62. The molecule has 0 spiro atoms. The Morgan fingerprint density at radius 1 is 0.671 bits per heavy atom. The van der Waals surface area contributed by atoms with Crippen LogP contribution in [0.2, 0.25) is 0 Å². The third-order valence-corrected chi connectivity index (χ3v) is 13.0. The number of nitrogens with zero attached hydrogens (tertiary/aromatic N) is 7. The molecule has 4 aromatic carbocycles. The Balaban J connectivity index is 0.000000292. The van der Waals surface area contributed by atoms with Crippen LogP contribution in [0.4, 0.5) is 66.7 Å². The Hall–Kier alpha value is -8.11. The summed E-state index contributed by atoms with van der Waals surface area (Å²) >= 11 is 4.30. The lowest BCUT2D eigenvalue weighted by atomic mass is 9.99. The first-order valence-electron chi connectivity index (χ1n) is 25.3. The quantitative estimate of drug-likeness (QED) is 0.0300. The van der Waals surface area contributed by atoms with Crippen molar-refractivity contribution in [2.24, 2.45) is 23.9 Å². The van der Waals surface area contributed by atoms with Gasteiger partial charge in [0, 0.05) is 56.4 Å². The fraction of sp³-hybridized carbons (Fsp3) is 0.356. The van der Waals surface area contributed by atoms with Gasteiger partial charge in [0.2, 0.25) is 17.8 Å². The lowest BCUT2D eigenvalue weighted by Crippen LogP contribution is -2.38. The molecule has 9 rings (SSSR count). The van der Waals surface area contributed by atoms with E-state index in [4.69, 9.17) is 15.2 Å². The molecule has 440 valence electrons. The summed E-state index contributed by atoms with van der Waals surface area (Å²) in [6.07, 6.45) is -1.03. The summed E-state index contributed by atoms with van der Waals surface area (Å²) in [5.74, 6) is 4.88. The van der Waals surface area contributed by atoms with Crippen LogP contribution < -0.4 is 36.5 Å². The lowest BCUT2D eigenvalue weighted by molar-refractivity contribution is -0.138. The number of fused-ring (bicyclic) bond motifs is 1. The van der Waals surface area contributed by atoms with Gasteiger partial charge in [0.15, 0.2) is 0 Å². The van der Waals surface area contributed by atoms with Gasteiger partial charge in [-0.2, -0.15) is 31.3 Å². The summed E-state index contributed by atoms with van der Waals surface area (Å²) in [6.45, 7) is 8.99. The van der Waals surface area contributed by atoms with Crippen LogP contribution in [0, 0.1) is 11.8 Å². The van der Waals surface area contributed by atoms with Crippen molar-refractivity contribution < 1.29 is 45.4 Å². The number of carbonyl (C=O) groups excluding carboxylic acids is 2. The zero-order chi connectivity index (χ0) is 56.7. The minimum absolute atomic E-state index is 0. The molecule has 0 radical (unpaired) electrons. The van der Waals surface area contributed by atoms with Crippen molar-refractivity contribution in [3.05, 3.63) is 133 Å². The van der Waals surface area contributed by atoms with Crippen molar-refractivity contribution in [3.63, 3.8) is 0 Å². The molecule has 0 saturated carbocycles. The molecule has 82 heavy (non-hydrogen) atoms. The van der Waals surface area contributed by atoms with Crippen LogP contribution in [-0.2, 0) is 29.0 Å². The maximum atomic E-state index is 12.8. The predicted molar refractivity (Wildman–Crippen MR) is 318 cm³/mol. The molecule has 7 aromatic rings. The van der Waals surface area contributed by atoms with Gasteiger partial charge in [-0.15, -0.1) is 0 Å². The SMILES string of the molecule is C.C.C.CC1CCN(CC(=O)Nc2cc(Oc3ccc4c(c3)nc(Nc3ccc(C(F)(F)F)cc3)n4C)ccn2)CC1.CNc1ccc(Oc2ccnc(NC(=O)CN3CCC(C)CC3)c2)cc1N.FC(F)(F)c1ccc(N=C=S)cc1. The molecule has 2 aliphatic heterocycles. The molecule has 16 nitrogen and oxygen atoms in total. The van der Waals surface area contributed by atoms with Gasteiger partial charge in [-0.05, 0) is 161 Å². The third-order valence-electron chi connectivity index (χ3n) is 12.9. The maximum absolute atomic E-state index is 12.8. The number of aryl methyl sites for hydroxylation is 1. The number of aliphatic imine (C=N–C) groups is 1. The third kappa shape index (κ3) is 19.9. The summed E-state index contributed by atoms with van der Waals surface area (Å²) in [5, 5.41) is 13.8. The Morgan fingerprint density at radius 2 is 1.12 bits per heavy atom. The maximum Gasteiger partial charge on any atom is 0.416 e. The van der Waals surface area contributed by atoms with Crippen molar-refractivity contribution in [3.8, 4) is 23.0 Å². The van der Waals surface area contributed by atoms with Crippen LogP contribution in [0.3, 0.4) is 0 Å². The molecule has 23 heteroatoms. The van der Waals surface area contributed by atoms with Gasteiger partial charge >= 0.3 is 12.4 Å². The molecule has 2 amide bonds. The minimum Gasteiger partial charge on any atom is -0.457 e. The topological polar surface area (TPSA) is 189 Å². The van der Waals surface area contributed by atoms with Gasteiger partial charge in [-0.3, -0.25) is 19.4 Å². The molecule has 6 N–H and O–H groups in total. The number of isothiocyanates is 1. The number of pyridine rings is 2. The Kier molecular flexibility index (Phi) is 24.8. The van der Waals surface area contributed by atoms with E-state index in [2.05, 4.69) is 82.2 Å². The first-order chi connectivity index (χ1) is 37.7. The Labute approximate surface area is 480 Å². The van der Waals surface area contributed by atoms with Gasteiger partial charge in [0.25, 0.3) is 0 Å². The van der Waals surface area contributed by atoms with Crippen LogP contribution in [0.1, 0.15) is 72.9 Å². The number of piperidine rings is 2. The first kappa shape index (κ1) is 66.4. The highest BCUT2D eigenvalue weighted by atomic mass is 32.1. The smallest absolute Gasteiger partial charge is 0.416 e. The standard InChI is InChI=1S/C28H29F3N6O2.C20H27N5O2.C8H4F3NS.3CH4/c1-18-10-13-37(14-11-18)17-26(38)35-25-16-22(9-12-32-25)39-21-7-8-24-23(15-21)34-27(36(24)2)33-20-5-3-19(4-6-20)28(29,30)31;1-14-6-9-25(10-7-14)13-20(26)24-19-12-16(5-8-23-19)27-15-3-4-18(22-2)17(21)11-15;9-8(10,11)6-1-3-7(4-2-6)12-5-13;;;/h3-9,12,15-16,18H,10-11,13-14,17H2,1-2H3,(H,33,34)(H,32,35,38);3-5,8,11-12,14,22H,6-7,9-10,13,21H2,1-2H3,(H,23,24,26);1-4H;3*1H4. The molecule has 3 aromatic heterocycles. The van der Waals surface area contributed by atoms with Crippen LogP contribution >= 0.6 is 12.2 Å². The van der Waals surface area contributed by atoms with E-state index >= 15 is 0 Å². The largest absolute Gasteiger partial charge is 0.457 e. The zero-order valence-electron chi connectivity index (χ0n) is 43.8. The van der Waals surface area contributed by atoms with Crippen LogP contribution in [0.25, 0.3) is 11.0 Å². The molecular weight excluding hydrogens is 1090 g/mol. The highest BCUT2D eigenvalue weighted by Crippen LogP contribution is 2.34. The Morgan fingerprint density at radius 3 is 1.57 bits per heavy atom. The number of nitrogen functional groups attached to an aromatic ring is 1. The van der Waals surface area contributed by atoms with Crippen molar-refractivity contribution in [1.29, 1.82) is 0 Å². The van der Waals surface area contributed by atoms with E-state index in [0.717, 1.165) is 93.2 Å². The average molecular weight is 1160 g/mol. The number of likely N-dealkylation sites (tertiary alicyclic amines) is 2. The van der Waals surface area contributed by atoms with Gasteiger partial charge in [0.05, 0.1) is 57.5 Å². The number of hydrogen-bond donors (Lipinski definition) is 5. The van der Waals surface area contributed by atoms with Crippen LogP contribution in [-0.4, -0.2) is 92.6 Å². The second kappa shape index (κ2) is 30.6. The summed E-state index contributed by atoms with van der Waals surface area (Å²) in [5.41, 5.74) is 8.30. The monoisotopic (exact) mass is 1160 g/mol. The number of nitrogens with two attached hydrogens (primary N) is 1. The number of nitrogens with one attached hydrogen (secondary N) is 4. The van der Waals surface area contributed by atoms with Gasteiger partial charge in [0.1, 0.15) is 34.6 Å². The zero-order valence-corrected chi connectivity index (χ0v) is 44.6. The van der Waals surface area contributed by atoms with Crippen molar-refractivity contribution in [2.45, 2.75) is 74.2 Å². The van der Waals surface area contributed by atoms with Crippen molar-refractivity contribution in [2.75, 3.05) is 73.3 Å². The number of aromatic nitrogens is 4. The van der Waals surface area contributed by atoms with E-state index in [1.165, 1.54) is 24.3 Å².